The second kappa shape index (κ2) is 7.55. The SMILES string of the molecule is CN(C)c1ccc(OC2CCCN(S(=O)(=O)c3ccccc3F)C2)nn1. The van der Waals surface area contributed by atoms with Crippen molar-refractivity contribution in [3.05, 3.63) is 42.2 Å². The number of benzene rings is 1. The van der Waals surface area contributed by atoms with E-state index in [0.717, 1.165) is 6.07 Å². The Kier molecular flexibility index (Phi) is 5.38. The number of rotatable bonds is 5. The summed E-state index contributed by atoms with van der Waals surface area (Å²) in [5.41, 5.74) is 0. The van der Waals surface area contributed by atoms with Crippen molar-refractivity contribution in [3.8, 4) is 5.88 Å². The van der Waals surface area contributed by atoms with Crippen molar-refractivity contribution in [1.82, 2.24) is 14.5 Å². The summed E-state index contributed by atoms with van der Waals surface area (Å²) in [5, 5.41) is 8.05. The minimum atomic E-state index is -3.90. The van der Waals surface area contributed by atoms with Crippen LogP contribution < -0.4 is 9.64 Å². The molecule has 0 saturated carbocycles. The molecule has 0 aliphatic carbocycles. The van der Waals surface area contributed by atoms with Crippen molar-refractivity contribution in [2.75, 3.05) is 32.1 Å². The van der Waals surface area contributed by atoms with E-state index in [1.54, 1.807) is 12.1 Å². The highest BCUT2D eigenvalue weighted by atomic mass is 32.2. The quantitative estimate of drug-likeness (QED) is 0.789. The van der Waals surface area contributed by atoms with E-state index >= 15 is 0 Å². The van der Waals surface area contributed by atoms with Gasteiger partial charge in [-0.15, -0.1) is 10.2 Å². The van der Waals surface area contributed by atoms with Crippen LogP contribution in [0.3, 0.4) is 0 Å². The van der Waals surface area contributed by atoms with Gasteiger partial charge < -0.3 is 9.64 Å². The maximum Gasteiger partial charge on any atom is 0.246 e. The molecule has 1 atom stereocenters. The van der Waals surface area contributed by atoms with Crippen molar-refractivity contribution >= 4 is 15.8 Å². The topological polar surface area (TPSA) is 75.6 Å². The molecule has 1 aliphatic rings. The molecule has 0 spiro atoms. The molecule has 7 nitrogen and oxygen atoms in total. The summed E-state index contributed by atoms with van der Waals surface area (Å²) in [6.07, 6.45) is 0.965. The molecule has 0 radical (unpaired) electrons. The molecule has 26 heavy (non-hydrogen) atoms. The predicted molar refractivity (Wildman–Crippen MR) is 95.2 cm³/mol. The molecular formula is C17H21FN4O3S. The van der Waals surface area contributed by atoms with Crippen LogP contribution in [0.25, 0.3) is 0 Å². The van der Waals surface area contributed by atoms with Crippen LogP contribution in [0.2, 0.25) is 0 Å². The first kappa shape index (κ1) is 18.5. The largest absolute Gasteiger partial charge is 0.472 e. The molecule has 1 saturated heterocycles. The standard InChI is InChI=1S/C17H21FN4O3S/c1-21(2)16-9-10-17(20-19-16)25-13-6-5-11-22(12-13)26(23,24)15-8-4-3-7-14(15)18/h3-4,7-10,13H,5-6,11-12H2,1-2H3. The first-order valence-corrected chi connectivity index (χ1v) is 9.74. The Labute approximate surface area is 152 Å². The Hall–Kier alpha value is -2.26. The van der Waals surface area contributed by atoms with Crippen molar-refractivity contribution in [3.63, 3.8) is 0 Å². The van der Waals surface area contributed by atoms with Crippen LogP contribution in [0.4, 0.5) is 10.2 Å². The van der Waals surface area contributed by atoms with Gasteiger partial charge in [-0.2, -0.15) is 4.31 Å². The summed E-state index contributed by atoms with van der Waals surface area (Å²) in [6.45, 7) is 0.482. The molecule has 0 N–H and O–H groups in total. The van der Waals surface area contributed by atoms with E-state index in [4.69, 9.17) is 4.74 Å². The molecular weight excluding hydrogens is 359 g/mol. The van der Waals surface area contributed by atoms with Gasteiger partial charge in [-0.1, -0.05) is 12.1 Å². The van der Waals surface area contributed by atoms with Gasteiger partial charge in [0.2, 0.25) is 15.9 Å². The summed E-state index contributed by atoms with van der Waals surface area (Å²) < 4.78 is 46.4. The molecule has 1 aliphatic heterocycles. The number of ether oxygens (including phenoxy) is 1. The molecule has 140 valence electrons. The Morgan fingerprint density at radius 1 is 1.19 bits per heavy atom. The number of hydrogen-bond acceptors (Lipinski definition) is 6. The van der Waals surface area contributed by atoms with Gasteiger partial charge in [0.05, 0.1) is 6.54 Å². The first-order valence-electron chi connectivity index (χ1n) is 8.30. The molecule has 1 unspecified atom stereocenters. The van der Waals surface area contributed by atoms with Gasteiger partial charge in [0.15, 0.2) is 5.82 Å². The Morgan fingerprint density at radius 2 is 1.96 bits per heavy atom. The van der Waals surface area contributed by atoms with Gasteiger partial charge in [-0.25, -0.2) is 12.8 Å². The second-order valence-corrected chi connectivity index (χ2v) is 8.21. The highest BCUT2D eigenvalue weighted by molar-refractivity contribution is 7.89. The smallest absolute Gasteiger partial charge is 0.246 e. The van der Waals surface area contributed by atoms with Gasteiger partial charge >= 0.3 is 0 Å². The molecule has 2 aromatic rings. The number of halogens is 1. The maximum absolute atomic E-state index is 13.9. The average Bonchev–Trinajstić information content (AvgIpc) is 2.62. The number of hydrogen-bond donors (Lipinski definition) is 0. The van der Waals surface area contributed by atoms with Crippen LogP contribution in [-0.2, 0) is 10.0 Å². The van der Waals surface area contributed by atoms with Gasteiger partial charge in [0, 0.05) is 26.7 Å². The summed E-state index contributed by atoms with van der Waals surface area (Å²) in [4.78, 5) is 1.51. The molecule has 2 heterocycles. The summed E-state index contributed by atoms with van der Waals surface area (Å²) >= 11 is 0. The minimum Gasteiger partial charge on any atom is -0.472 e. The Bertz CT molecular complexity index is 859. The zero-order valence-corrected chi connectivity index (χ0v) is 15.5. The first-order chi connectivity index (χ1) is 12.4. The fourth-order valence-electron chi connectivity index (χ4n) is 2.80. The summed E-state index contributed by atoms with van der Waals surface area (Å²) in [7, 11) is -0.184. The number of piperidine rings is 1. The van der Waals surface area contributed by atoms with E-state index in [9.17, 15) is 12.8 Å². The normalized spacial score (nSPS) is 18.5. The molecule has 1 aromatic heterocycles. The van der Waals surface area contributed by atoms with Crippen LogP contribution in [0.15, 0.2) is 41.3 Å². The van der Waals surface area contributed by atoms with Crippen molar-refractivity contribution in [1.29, 1.82) is 0 Å². The third-order valence-electron chi connectivity index (χ3n) is 4.17. The second-order valence-electron chi connectivity index (χ2n) is 6.30. The number of anilines is 1. The van der Waals surface area contributed by atoms with Crippen LogP contribution in [0, 0.1) is 5.82 Å². The summed E-state index contributed by atoms with van der Waals surface area (Å²) in [5.74, 6) is 0.288. The Balaban J connectivity index is 1.72. The predicted octanol–water partition coefficient (Wildman–Crippen LogP) is 1.91. The third-order valence-corrected chi connectivity index (χ3v) is 6.07. The number of nitrogens with zero attached hydrogens (tertiary/aromatic N) is 4. The zero-order chi connectivity index (χ0) is 18.7. The lowest BCUT2D eigenvalue weighted by atomic mass is 10.1. The fourth-order valence-corrected chi connectivity index (χ4v) is 4.37. The Morgan fingerprint density at radius 3 is 2.62 bits per heavy atom. The number of sulfonamides is 1. The molecule has 1 fully saturated rings. The number of aromatic nitrogens is 2. The fraction of sp³-hybridized carbons (Fsp3) is 0.412. The van der Waals surface area contributed by atoms with Crippen molar-refractivity contribution in [2.24, 2.45) is 0 Å². The zero-order valence-electron chi connectivity index (χ0n) is 14.7. The highest BCUT2D eigenvalue weighted by Crippen LogP contribution is 2.24. The van der Waals surface area contributed by atoms with E-state index in [1.165, 1.54) is 22.5 Å². The van der Waals surface area contributed by atoms with E-state index in [-0.39, 0.29) is 17.5 Å². The summed E-state index contributed by atoms with van der Waals surface area (Å²) in [6, 6.07) is 8.88. The third kappa shape index (κ3) is 3.94. The molecule has 3 rings (SSSR count). The molecule has 0 bridgehead atoms. The van der Waals surface area contributed by atoms with Crippen molar-refractivity contribution < 1.29 is 17.5 Å². The van der Waals surface area contributed by atoms with Gasteiger partial charge in [-0.3, -0.25) is 0 Å². The van der Waals surface area contributed by atoms with Crippen LogP contribution in [-0.4, -0.2) is 56.2 Å². The van der Waals surface area contributed by atoms with Crippen LogP contribution >= 0.6 is 0 Å². The van der Waals surface area contributed by atoms with E-state index in [0.29, 0.717) is 31.1 Å². The average molecular weight is 380 g/mol. The van der Waals surface area contributed by atoms with Gasteiger partial charge in [0.1, 0.15) is 16.8 Å². The molecule has 0 amide bonds. The lowest BCUT2D eigenvalue weighted by Gasteiger charge is -2.31. The van der Waals surface area contributed by atoms with Gasteiger partial charge in [0.25, 0.3) is 0 Å². The molecule has 1 aromatic carbocycles. The maximum atomic E-state index is 13.9. The van der Waals surface area contributed by atoms with Gasteiger partial charge in [-0.05, 0) is 31.0 Å². The van der Waals surface area contributed by atoms with Crippen molar-refractivity contribution in [2.45, 2.75) is 23.8 Å². The lowest BCUT2D eigenvalue weighted by molar-refractivity contribution is 0.123. The van der Waals surface area contributed by atoms with Crippen LogP contribution in [0.1, 0.15) is 12.8 Å². The van der Waals surface area contributed by atoms with Crippen LogP contribution in [0.5, 0.6) is 5.88 Å². The monoisotopic (exact) mass is 380 g/mol. The lowest BCUT2D eigenvalue weighted by Crippen LogP contribution is -2.44. The van der Waals surface area contributed by atoms with E-state index in [1.807, 2.05) is 19.0 Å². The molecule has 9 heteroatoms. The highest BCUT2D eigenvalue weighted by Gasteiger charge is 2.33. The van der Waals surface area contributed by atoms with E-state index < -0.39 is 15.8 Å². The van der Waals surface area contributed by atoms with E-state index in [2.05, 4.69) is 10.2 Å². The minimum absolute atomic E-state index is 0.147.